The van der Waals surface area contributed by atoms with Crippen molar-refractivity contribution >= 4 is 16.8 Å². The SMILES string of the molecule is N#Cc1ccccc1COc1ccc([C@@H]2NN=C(c3ccccc3)S2)cc1. The van der Waals surface area contributed by atoms with Gasteiger partial charge in [-0.2, -0.15) is 10.4 Å². The van der Waals surface area contributed by atoms with Gasteiger partial charge in [0.25, 0.3) is 0 Å². The van der Waals surface area contributed by atoms with Crippen molar-refractivity contribution in [1.82, 2.24) is 5.43 Å². The van der Waals surface area contributed by atoms with Gasteiger partial charge in [0.15, 0.2) is 0 Å². The first-order valence-corrected chi connectivity index (χ1v) is 9.47. The largest absolute Gasteiger partial charge is 0.489 e. The molecule has 0 bridgehead atoms. The molecule has 1 heterocycles. The Morgan fingerprint density at radius 1 is 0.963 bits per heavy atom. The fourth-order valence-corrected chi connectivity index (χ4v) is 3.79. The molecule has 0 unspecified atom stereocenters. The minimum absolute atomic E-state index is 0.0913. The van der Waals surface area contributed by atoms with Gasteiger partial charge in [0, 0.05) is 11.1 Å². The molecule has 132 valence electrons. The van der Waals surface area contributed by atoms with E-state index in [1.165, 1.54) is 0 Å². The Labute approximate surface area is 162 Å². The van der Waals surface area contributed by atoms with Crippen LogP contribution in [0.1, 0.15) is 27.6 Å². The molecule has 0 radical (unpaired) electrons. The highest BCUT2D eigenvalue weighted by molar-refractivity contribution is 8.14. The molecule has 0 fully saturated rings. The summed E-state index contributed by atoms with van der Waals surface area (Å²) in [5.41, 5.74) is 6.98. The van der Waals surface area contributed by atoms with Crippen molar-refractivity contribution in [2.75, 3.05) is 0 Å². The lowest BCUT2D eigenvalue weighted by Crippen LogP contribution is -2.06. The first-order valence-electron chi connectivity index (χ1n) is 8.59. The summed E-state index contributed by atoms with van der Waals surface area (Å²) in [6.07, 6.45) is 0. The molecule has 0 spiro atoms. The van der Waals surface area contributed by atoms with Crippen LogP contribution in [0.25, 0.3) is 0 Å². The van der Waals surface area contributed by atoms with Gasteiger partial charge in [-0.1, -0.05) is 72.4 Å². The zero-order valence-corrected chi connectivity index (χ0v) is 15.3. The van der Waals surface area contributed by atoms with Gasteiger partial charge in [-0.25, -0.2) is 0 Å². The molecule has 1 aliphatic heterocycles. The summed E-state index contributed by atoms with van der Waals surface area (Å²) in [7, 11) is 0. The van der Waals surface area contributed by atoms with Crippen LogP contribution in [0.3, 0.4) is 0 Å². The molecule has 4 rings (SSSR count). The van der Waals surface area contributed by atoms with Crippen molar-refractivity contribution < 1.29 is 4.74 Å². The molecule has 0 saturated carbocycles. The second-order valence-corrected chi connectivity index (χ2v) is 7.13. The van der Waals surface area contributed by atoms with Crippen LogP contribution in [-0.2, 0) is 6.61 Å². The van der Waals surface area contributed by atoms with Gasteiger partial charge in [0.05, 0.1) is 11.6 Å². The average Bonchev–Trinajstić information content (AvgIpc) is 3.24. The van der Waals surface area contributed by atoms with E-state index in [4.69, 9.17) is 10.00 Å². The monoisotopic (exact) mass is 371 g/mol. The zero-order valence-electron chi connectivity index (χ0n) is 14.5. The minimum Gasteiger partial charge on any atom is -0.489 e. The molecule has 3 aromatic carbocycles. The summed E-state index contributed by atoms with van der Waals surface area (Å²) in [6, 6.07) is 27.8. The summed E-state index contributed by atoms with van der Waals surface area (Å²) in [6.45, 7) is 0.376. The number of hydrazone groups is 1. The second-order valence-electron chi connectivity index (χ2n) is 6.04. The Morgan fingerprint density at radius 2 is 1.70 bits per heavy atom. The van der Waals surface area contributed by atoms with Gasteiger partial charge in [0.1, 0.15) is 22.8 Å². The standard InChI is InChI=1S/C22H17N3OS/c23-14-18-8-4-5-9-19(18)15-26-20-12-10-17(11-13-20)22-25-24-21(27-22)16-6-2-1-3-7-16/h1-13,22,25H,15H2/t22-/m1/s1. The first-order chi connectivity index (χ1) is 13.3. The van der Waals surface area contributed by atoms with Crippen molar-refractivity contribution in [3.05, 3.63) is 101 Å². The van der Waals surface area contributed by atoms with Crippen molar-refractivity contribution in [2.45, 2.75) is 12.0 Å². The van der Waals surface area contributed by atoms with Gasteiger partial charge in [-0.05, 0) is 23.8 Å². The number of thioether (sulfide) groups is 1. The number of ether oxygens (including phenoxy) is 1. The average molecular weight is 371 g/mol. The quantitative estimate of drug-likeness (QED) is 0.698. The number of nitrogens with one attached hydrogen (secondary N) is 1. The van der Waals surface area contributed by atoms with Crippen LogP contribution in [0, 0.1) is 11.3 Å². The predicted molar refractivity (Wildman–Crippen MR) is 108 cm³/mol. The first kappa shape index (κ1) is 17.2. The van der Waals surface area contributed by atoms with Gasteiger partial charge in [0.2, 0.25) is 0 Å². The number of hydrogen-bond donors (Lipinski definition) is 1. The summed E-state index contributed by atoms with van der Waals surface area (Å²) in [4.78, 5) is 0. The van der Waals surface area contributed by atoms with E-state index in [9.17, 15) is 0 Å². The van der Waals surface area contributed by atoms with Crippen molar-refractivity contribution in [3.63, 3.8) is 0 Å². The molecule has 5 heteroatoms. The highest BCUT2D eigenvalue weighted by Crippen LogP contribution is 2.34. The van der Waals surface area contributed by atoms with Crippen molar-refractivity contribution in [2.24, 2.45) is 5.10 Å². The number of benzene rings is 3. The van der Waals surface area contributed by atoms with E-state index >= 15 is 0 Å². The van der Waals surface area contributed by atoms with E-state index in [0.717, 1.165) is 27.5 Å². The minimum atomic E-state index is 0.0913. The van der Waals surface area contributed by atoms with Crippen LogP contribution in [0.2, 0.25) is 0 Å². The molecule has 4 nitrogen and oxygen atoms in total. The van der Waals surface area contributed by atoms with E-state index < -0.39 is 0 Å². The van der Waals surface area contributed by atoms with Crippen LogP contribution in [0.5, 0.6) is 5.75 Å². The van der Waals surface area contributed by atoms with E-state index in [-0.39, 0.29) is 5.37 Å². The van der Waals surface area contributed by atoms with Gasteiger partial charge in [-0.15, -0.1) is 0 Å². The summed E-state index contributed by atoms with van der Waals surface area (Å²) >= 11 is 1.70. The van der Waals surface area contributed by atoms with E-state index in [0.29, 0.717) is 12.2 Å². The molecular formula is C22H17N3OS. The van der Waals surface area contributed by atoms with Gasteiger partial charge < -0.3 is 4.74 Å². The smallest absolute Gasteiger partial charge is 0.126 e. The molecule has 0 aliphatic carbocycles. The van der Waals surface area contributed by atoms with E-state index in [1.807, 2.05) is 60.7 Å². The lowest BCUT2D eigenvalue weighted by atomic mass is 10.1. The Hall–Kier alpha value is -3.23. The Bertz CT molecular complexity index is 994. The Morgan fingerprint density at radius 3 is 2.48 bits per heavy atom. The fraction of sp³-hybridized carbons (Fsp3) is 0.0909. The molecule has 0 aromatic heterocycles. The maximum absolute atomic E-state index is 9.15. The molecule has 1 atom stereocenters. The molecule has 0 amide bonds. The predicted octanol–water partition coefficient (Wildman–Crippen LogP) is 4.83. The third kappa shape index (κ3) is 3.97. The topological polar surface area (TPSA) is 57.4 Å². The van der Waals surface area contributed by atoms with Crippen molar-refractivity contribution in [3.8, 4) is 11.8 Å². The summed E-state index contributed by atoms with van der Waals surface area (Å²) in [5, 5.41) is 14.7. The molecule has 0 saturated heterocycles. The Kier molecular flexibility index (Phi) is 5.08. The lowest BCUT2D eigenvalue weighted by Gasteiger charge is -2.11. The highest BCUT2D eigenvalue weighted by Gasteiger charge is 2.21. The normalized spacial score (nSPS) is 15.5. The number of hydrogen-bond acceptors (Lipinski definition) is 5. The fourth-order valence-electron chi connectivity index (χ4n) is 2.79. The van der Waals surface area contributed by atoms with E-state index in [1.54, 1.807) is 17.8 Å². The van der Waals surface area contributed by atoms with Crippen LogP contribution >= 0.6 is 11.8 Å². The number of rotatable bonds is 5. The Balaban J connectivity index is 1.38. The lowest BCUT2D eigenvalue weighted by molar-refractivity contribution is 0.306. The van der Waals surface area contributed by atoms with Crippen molar-refractivity contribution in [1.29, 1.82) is 5.26 Å². The molecular weight excluding hydrogens is 354 g/mol. The van der Waals surface area contributed by atoms with Gasteiger partial charge in [-0.3, -0.25) is 5.43 Å². The molecule has 3 aromatic rings. The summed E-state index contributed by atoms with van der Waals surface area (Å²) in [5.74, 6) is 0.777. The number of nitriles is 1. The highest BCUT2D eigenvalue weighted by atomic mass is 32.2. The summed E-state index contributed by atoms with van der Waals surface area (Å²) < 4.78 is 5.84. The maximum Gasteiger partial charge on any atom is 0.126 e. The second kappa shape index (κ2) is 7.98. The van der Waals surface area contributed by atoms with Gasteiger partial charge >= 0.3 is 0 Å². The van der Waals surface area contributed by atoms with Crippen LogP contribution in [-0.4, -0.2) is 5.04 Å². The third-order valence-corrected chi connectivity index (χ3v) is 5.41. The molecule has 1 N–H and O–H groups in total. The van der Waals surface area contributed by atoms with Crippen LogP contribution < -0.4 is 10.2 Å². The maximum atomic E-state index is 9.15. The number of nitrogens with zero attached hydrogens (tertiary/aromatic N) is 2. The zero-order chi connectivity index (χ0) is 18.5. The third-order valence-electron chi connectivity index (χ3n) is 4.25. The molecule has 27 heavy (non-hydrogen) atoms. The van der Waals surface area contributed by atoms with Crippen LogP contribution in [0.15, 0.2) is 84.0 Å². The van der Waals surface area contributed by atoms with E-state index in [2.05, 4.69) is 28.7 Å². The molecule has 1 aliphatic rings. The van der Waals surface area contributed by atoms with Crippen LogP contribution in [0.4, 0.5) is 0 Å².